The Hall–Kier alpha value is -3.32. The number of benzene rings is 2. The second kappa shape index (κ2) is 7.84. The average Bonchev–Trinajstić information content (AvgIpc) is 3.13. The largest absolute Gasteiger partial charge is 0.497 e. The number of esters is 1. The number of rotatable bonds is 4. The molecule has 0 spiro atoms. The highest BCUT2D eigenvalue weighted by Crippen LogP contribution is 2.40. The van der Waals surface area contributed by atoms with E-state index in [9.17, 15) is 9.59 Å². The van der Waals surface area contributed by atoms with Crippen LogP contribution in [0.15, 0.2) is 65.9 Å². The predicted octanol–water partition coefficient (Wildman–Crippen LogP) is 3.01. The maximum absolute atomic E-state index is 13.6. The molecule has 2 heterocycles. The Morgan fingerprint density at radius 3 is 2.30 bits per heavy atom. The zero-order valence-corrected chi connectivity index (χ0v) is 18.0. The number of carbonyl (C=O) groups is 2. The minimum absolute atomic E-state index is 0.136. The smallest absolute Gasteiger partial charge is 0.337 e. The van der Waals surface area contributed by atoms with Crippen LogP contribution in [-0.4, -0.2) is 52.9 Å². The molecule has 7 heteroatoms. The number of allylic oxidation sites excluding steroid dienone is 1. The second-order valence-corrected chi connectivity index (χ2v) is 7.96. The summed E-state index contributed by atoms with van der Waals surface area (Å²) in [7, 11) is 6.24. The lowest BCUT2D eigenvalue weighted by Gasteiger charge is -2.41. The molecule has 0 fully saturated rings. The lowest BCUT2D eigenvalue weighted by atomic mass is 9.92. The van der Waals surface area contributed by atoms with Gasteiger partial charge in [0, 0.05) is 12.7 Å². The van der Waals surface area contributed by atoms with Gasteiger partial charge in [0.1, 0.15) is 10.6 Å². The molecule has 30 heavy (non-hydrogen) atoms. The molecule has 2 aromatic carbocycles. The van der Waals surface area contributed by atoms with Crippen molar-refractivity contribution in [2.24, 2.45) is 0 Å². The number of amides is 1. The molecule has 0 saturated carbocycles. The molecule has 0 unspecified atom stereocenters. The van der Waals surface area contributed by atoms with E-state index in [1.807, 2.05) is 73.5 Å². The fraction of sp³-hybridized carbons (Fsp3) is 0.217. The molecule has 154 valence electrons. The van der Waals surface area contributed by atoms with Crippen LogP contribution in [0.5, 0.6) is 5.75 Å². The first-order valence-electron chi connectivity index (χ1n) is 9.45. The number of hydrogen-bond donors (Lipinski definition) is 0. The maximum atomic E-state index is 13.6. The van der Waals surface area contributed by atoms with Crippen molar-refractivity contribution >= 4 is 32.8 Å². The van der Waals surface area contributed by atoms with Gasteiger partial charge in [0.15, 0.2) is 5.11 Å². The van der Waals surface area contributed by atoms with Crippen LogP contribution in [0.1, 0.15) is 24.1 Å². The van der Waals surface area contributed by atoms with Crippen molar-refractivity contribution in [3.8, 4) is 5.75 Å². The minimum atomic E-state index is -0.587. The van der Waals surface area contributed by atoms with Gasteiger partial charge in [-0.2, -0.15) is 0 Å². The van der Waals surface area contributed by atoms with Crippen molar-refractivity contribution < 1.29 is 19.1 Å². The van der Waals surface area contributed by atoms with Crippen molar-refractivity contribution in [3.63, 3.8) is 0 Å². The van der Waals surface area contributed by atoms with E-state index >= 15 is 0 Å². The molecule has 0 aromatic heterocycles. The molecule has 0 aliphatic carbocycles. The van der Waals surface area contributed by atoms with Crippen molar-refractivity contribution in [1.82, 2.24) is 9.80 Å². The first-order valence-corrected chi connectivity index (χ1v) is 10.3. The summed E-state index contributed by atoms with van der Waals surface area (Å²) < 4.78 is 10.4. The Morgan fingerprint density at radius 1 is 1.03 bits per heavy atom. The van der Waals surface area contributed by atoms with Crippen LogP contribution in [0.25, 0.3) is 0 Å². The fourth-order valence-electron chi connectivity index (χ4n) is 3.73. The molecule has 2 aromatic rings. The second-order valence-electron chi connectivity index (χ2n) is 6.98. The highest BCUT2D eigenvalue weighted by molar-refractivity contribution is 8.00. The van der Waals surface area contributed by atoms with Crippen molar-refractivity contribution in [1.29, 1.82) is 0 Å². The van der Waals surface area contributed by atoms with Gasteiger partial charge in [-0.05, 0) is 30.2 Å². The Labute approximate surface area is 178 Å². The van der Waals surface area contributed by atoms with E-state index in [0.717, 1.165) is 21.9 Å². The predicted molar refractivity (Wildman–Crippen MR) is 118 cm³/mol. The molecule has 1 atom stereocenters. The van der Waals surface area contributed by atoms with E-state index in [1.165, 1.54) is 18.0 Å². The number of nitrogens with zero attached hydrogens (tertiary/aromatic N) is 2. The summed E-state index contributed by atoms with van der Waals surface area (Å²) in [6.45, 7) is 1.87. The Bertz CT molecular complexity index is 1120. The molecule has 0 N–H and O–H groups in total. The number of fused-ring (bicyclic) bond motifs is 1. The summed E-state index contributed by atoms with van der Waals surface area (Å²) in [4.78, 5) is 30.6. The molecule has 0 bridgehead atoms. The topological polar surface area (TPSA) is 59.1 Å². The fourth-order valence-corrected chi connectivity index (χ4v) is 4.92. The lowest BCUT2D eigenvalue weighted by molar-refractivity contribution is -0.137. The summed E-state index contributed by atoms with van der Waals surface area (Å²) in [6, 6.07) is 16.4. The highest BCUT2D eigenvalue weighted by Gasteiger charge is 2.45. The van der Waals surface area contributed by atoms with Gasteiger partial charge in [0.05, 0.1) is 25.8 Å². The normalized spacial score (nSPS) is 18.4. The van der Waals surface area contributed by atoms with E-state index in [4.69, 9.17) is 9.47 Å². The summed E-state index contributed by atoms with van der Waals surface area (Å²) in [5, 5.41) is 0.768. The van der Waals surface area contributed by atoms with Gasteiger partial charge in [-0.15, -0.1) is 0 Å². The van der Waals surface area contributed by atoms with Crippen LogP contribution in [-0.2, 0) is 14.3 Å². The minimum Gasteiger partial charge on any atom is -0.497 e. The van der Waals surface area contributed by atoms with Gasteiger partial charge in [-0.3, -0.25) is 9.69 Å². The van der Waals surface area contributed by atoms with Gasteiger partial charge < -0.3 is 14.4 Å². The third kappa shape index (κ3) is 3.11. The number of carbonyl (C=O) groups excluding carboxylic acids is 2. The van der Waals surface area contributed by atoms with Gasteiger partial charge in [0.25, 0.3) is 5.91 Å². The van der Waals surface area contributed by atoms with Gasteiger partial charge in [-0.1, -0.05) is 53.4 Å². The van der Waals surface area contributed by atoms with Gasteiger partial charge >= 0.3 is 5.97 Å². The van der Waals surface area contributed by atoms with Crippen molar-refractivity contribution in [2.45, 2.75) is 13.0 Å². The molecule has 6 nitrogen and oxygen atoms in total. The molecule has 0 radical (unpaired) electrons. The number of hydrogen-bond acceptors (Lipinski definition) is 5. The van der Waals surface area contributed by atoms with Crippen LogP contribution < -0.4 is 4.74 Å². The molecule has 2 aliphatic heterocycles. The molecular formula is C23H22N2O4S. The average molecular weight is 423 g/mol. The zero-order chi connectivity index (χ0) is 21.4. The quantitative estimate of drug-likeness (QED) is 0.560. The third-order valence-corrected chi connectivity index (χ3v) is 6.66. The first kappa shape index (κ1) is 20.0. The summed E-state index contributed by atoms with van der Waals surface area (Å²) in [5.74, 6) is 0.114. The van der Waals surface area contributed by atoms with Gasteiger partial charge in [0.2, 0.25) is 0 Å². The van der Waals surface area contributed by atoms with Crippen molar-refractivity contribution in [3.05, 3.63) is 77.0 Å². The van der Waals surface area contributed by atoms with Crippen molar-refractivity contribution in [2.75, 3.05) is 21.3 Å². The molecule has 0 saturated heterocycles. The van der Waals surface area contributed by atoms with E-state index in [-0.39, 0.29) is 5.91 Å². The number of ether oxygens (including phenoxy) is 2. The van der Waals surface area contributed by atoms with Crippen LogP contribution in [0, 0.1) is 0 Å². The number of methoxy groups -OCH3 is 2. The molecule has 1 amide bonds. The Kier molecular flexibility index (Phi) is 5.22. The molecule has 2 aliphatic rings. The lowest BCUT2D eigenvalue weighted by Crippen LogP contribution is -2.51. The van der Waals surface area contributed by atoms with Crippen LogP contribution in [0.2, 0.25) is 0 Å². The zero-order valence-electron chi connectivity index (χ0n) is 17.2. The maximum Gasteiger partial charge on any atom is 0.337 e. The molecular weight excluding hydrogens is 400 g/mol. The van der Waals surface area contributed by atoms with E-state index in [0.29, 0.717) is 16.2 Å². The van der Waals surface area contributed by atoms with E-state index < -0.39 is 12.0 Å². The SMILES string of the molecule is COC(=O)C1=C(C)N(C)C2=S=C(c3ccccc3)C(=O)N2[C@H]1c1ccc(OC)cc1. The summed E-state index contributed by atoms with van der Waals surface area (Å²) in [5.41, 5.74) is 2.86. The Morgan fingerprint density at radius 2 is 1.70 bits per heavy atom. The van der Waals surface area contributed by atoms with Crippen LogP contribution in [0.3, 0.4) is 0 Å². The first-order chi connectivity index (χ1) is 14.5. The van der Waals surface area contributed by atoms with E-state index in [1.54, 1.807) is 12.0 Å². The van der Waals surface area contributed by atoms with Crippen LogP contribution in [0.4, 0.5) is 0 Å². The monoisotopic (exact) mass is 422 g/mol. The van der Waals surface area contributed by atoms with Gasteiger partial charge in [-0.25, -0.2) is 4.79 Å². The summed E-state index contributed by atoms with van der Waals surface area (Å²) in [6.07, 6.45) is 0. The highest BCUT2D eigenvalue weighted by atomic mass is 32.1. The van der Waals surface area contributed by atoms with E-state index in [2.05, 4.69) is 0 Å². The Balaban J connectivity index is 1.91. The summed E-state index contributed by atoms with van der Waals surface area (Å²) >= 11 is 0. The van der Waals surface area contributed by atoms with Crippen LogP contribution >= 0.6 is 10.9 Å². The standard InChI is InChI=1S/C23H22N2O4S/c1-14-18(22(27)29-4)19(15-10-12-17(28-3)13-11-15)25-21(26)20(30-23(25)24(14)2)16-8-6-5-7-9-16/h5-13,19H,1-4H3/t19-/m0/s1. The molecule has 4 rings (SSSR count). The third-order valence-electron chi connectivity index (χ3n) is 5.40.